The normalized spacial score (nSPS) is 11.5. The first-order valence-corrected chi connectivity index (χ1v) is 7.18. The molecule has 0 radical (unpaired) electrons. The SMILES string of the molecule is CC(C)C(N)CCN(C)C(=O)COc1ccc([N+](=O)[O-])cc1.Cl. The van der Waals surface area contributed by atoms with E-state index < -0.39 is 4.92 Å². The quantitative estimate of drug-likeness (QED) is 0.575. The van der Waals surface area contributed by atoms with Gasteiger partial charge in [-0.15, -0.1) is 12.4 Å². The average Bonchev–Trinajstić information content (AvgIpc) is 2.49. The molecule has 1 unspecified atom stereocenters. The van der Waals surface area contributed by atoms with Crippen molar-refractivity contribution in [2.24, 2.45) is 11.7 Å². The van der Waals surface area contributed by atoms with Crippen LogP contribution >= 0.6 is 12.4 Å². The predicted molar refractivity (Wildman–Crippen MR) is 90.9 cm³/mol. The number of ether oxygens (including phenoxy) is 1. The van der Waals surface area contributed by atoms with E-state index in [0.29, 0.717) is 18.2 Å². The fraction of sp³-hybridized carbons (Fsp3) is 0.533. The molecule has 130 valence electrons. The summed E-state index contributed by atoms with van der Waals surface area (Å²) in [6, 6.07) is 5.68. The number of amides is 1. The summed E-state index contributed by atoms with van der Waals surface area (Å²) < 4.78 is 5.33. The largest absolute Gasteiger partial charge is 0.484 e. The molecule has 0 saturated carbocycles. The third kappa shape index (κ3) is 7.30. The van der Waals surface area contributed by atoms with Crippen LogP contribution in [0.5, 0.6) is 5.75 Å². The van der Waals surface area contributed by atoms with Gasteiger partial charge in [0, 0.05) is 31.8 Å². The second kappa shape index (κ2) is 10.0. The first-order chi connectivity index (χ1) is 10.3. The van der Waals surface area contributed by atoms with Crippen LogP contribution in [0.3, 0.4) is 0 Å². The number of benzene rings is 1. The van der Waals surface area contributed by atoms with Crippen molar-refractivity contribution >= 4 is 24.0 Å². The molecule has 1 aromatic carbocycles. The van der Waals surface area contributed by atoms with E-state index >= 15 is 0 Å². The number of halogens is 1. The molecule has 1 amide bonds. The number of nitrogens with zero attached hydrogens (tertiary/aromatic N) is 2. The number of non-ortho nitro benzene ring substituents is 1. The van der Waals surface area contributed by atoms with Gasteiger partial charge in [0.2, 0.25) is 0 Å². The van der Waals surface area contributed by atoms with Crippen LogP contribution in [0.1, 0.15) is 20.3 Å². The van der Waals surface area contributed by atoms with E-state index in [4.69, 9.17) is 10.5 Å². The zero-order chi connectivity index (χ0) is 16.7. The van der Waals surface area contributed by atoms with Gasteiger partial charge in [0.15, 0.2) is 6.61 Å². The summed E-state index contributed by atoms with van der Waals surface area (Å²) in [6.45, 7) is 4.56. The van der Waals surface area contributed by atoms with Crippen molar-refractivity contribution in [2.45, 2.75) is 26.3 Å². The zero-order valence-electron chi connectivity index (χ0n) is 13.6. The smallest absolute Gasteiger partial charge is 0.269 e. The van der Waals surface area contributed by atoms with Crippen LogP contribution in [0.4, 0.5) is 5.69 Å². The van der Waals surface area contributed by atoms with Crippen molar-refractivity contribution in [3.8, 4) is 5.75 Å². The first-order valence-electron chi connectivity index (χ1n) is 7.18. The maximum absolute atomic E-state index is 11.9. The topological polar surface area (TPSA) is 98.7 Å². The Labute approximate surface area is 142 Å². The molecule has 0 fully saturated rings. The lowest BCUT2D eigenvalue weighted by Crippen LogP contribution is -2.36. The number of rotatable bonds is 8. The van der Waals surface area contributed by atoms with Crippen LogP contribution in [0.15, 0.2) is 24.3 Å². The van der Waals surface area contributed by atoms with Crippen molar-refractivity contribution in [2.75, 3.05) is 20.2 Å². The fourth-order valence-corrected chi connectivity index (χ4v) is 1.72. The molecule has 0 bridgehead atoms. The van der Waals surface area contributed by atoms with Crippen LogP contribution in [0.2, 0.25) is 0 Å². The fourth-order valence-electron chi connectivity index (χ4n) is 1.72. The van der Waals surface area contributed by atoms with Gasteiger partial charge in [-0.3, -0.25) is 14.9 Å². The van der Waals surface area contributed by atoms with Crippen LogP contribution in [0.25, 0.3) is 0 Å². The maximum Gasteiger partial charge on any atom is 0.269 e. The zero-order valence-corrected chi connectivity index (χ0v) is 14.4. The minimum absolute atomic E-state index is 0. The second-order valence-corrected chi connectivity index (χ2v) is 5.55. The Hall–Kier alpha value is -1.86. The maximum atomic E-state index is 11.9. The van der Waals surface area contributed by atoms with Gasteiger partial charge in [0.25, 0.3) is 11.6 Å². The Morgan fingerprint density at radius 3 is 2.39 bits per heavy atom. The monoisotopic (exact) mass is 345 g/mol. The molecule has 0 aromatic heterocycles. The summed E-state index contributed by atoms with van der Waals surface area (Å²) in [7, 11) is 1.70. The van der Waals surface area contributed by atoms with E-state index in [1.807, 2.05) is 13.8 Å². The van der Waals surface area contributed by atoms with Crippen molar-refractivity contribution in [3.05, 3.63) is 34.4 Å². The molecule has 0 aliphatic carbocycles. The van der Waals surface area contributed by atoms with Gasteiger partial charge in [-0.2, -0.15) is 0 Å². The number of carbonyl (C=O) groups is 1. The summed E-state index contributed by atoms with van der Waals surface area (Å²) in [6.07, 6.45) is 0.734. The summed E-state index contributed by atoms with van der Waals surface area (Å²) in [4.78, 5) is 23.6. The Balaban J connectivity index is 0.00000484. The molecule has 23 heavy (non-hydrogen) atoms. The third-order valence-electron chi connectivity index (χ3n) is 3.49. The molecule has 0 spiro atoms. The minimum Gasteiger partial charge on any atom is -0.484 e. The van der Waals surface area contributed by atoms with Crippen LogP contribution in [-0.4, -0.2) is 42.0 Å². The summed E-state index contributed by atoms with van der Waals surface area (Å²) in [5, 5.41) is 10.5. The van der Waals surface area contributed by atoms with Gasteiger partial charge < -0.3 is 15.4 Å². The molecule has 7 nitrogen and oxygen atoms in total. The highest BCUT2D eigenvalue weighted by molar-refractivity contribution is 5.85. The lowest BCUT2D eigenvalue weighted by molar-refractivity contribution is -0.384. The molecular weight excluding hydrogens is 322 g/mol. The lowest BCUT2D eigenvalue weighted by atomic mass is 10.0. The molecule has 0 saturated heterocycles. The van der Waals surface area contributed by atoms with E-state index in [1.165, 1.54) is 24.3 Å². The standard InChI is InChI=1S/C15H23N3O4.ClH/c1-11(2)14(16)8-9-17(3)15(19)10-22-13-6-4-12(5-7-13)18(20)21;/h4-7,11,14H,8-10,16H2,1-3H3;1H. The highest BCUT2D eigenvalue weighted by Gasteiger charge is 2.13. The van der Waals surface area contributed by atoms with E-state index in [-0.39, 0.29) is 36.7 Å². The number of nitro benzene ring substituents is 1. The van der Waals surface area contributed by atoms with Crippen molar-refractivity contribution in [1.82, 2.24) is 4.90 Å². The minimum atomic E-state index is -0.485. The Bertz CT molecular complexity index is 508. The Morgan fingerprint density at radius 2 is 1.91 bits per heavy atom. The summed E-state index contributed by atoms with van der Waals surface area (Å²) in [5.74, 6) is 0.639. The number of nitro groups is 1. The lowest BCUT2D eigenvalue weighted by Gasteiger charge is -2.21. The van der Waals surface area contributed by atoms with Gasteiger partial charge in [-0.1, -0.05) is 13.8 Å². The van der Waals surface area contributed by atoms with Gasteiger partial charge >= 0.3 is 0 Å². The molecule has 2 N–H and O–H groups in total. The highest BCUT2D eigenvalue weighted by atomic mass is 35.5. The number of carbonyl (C=O) groups excluding carboxylic acids is 1. The van der Waals surface area contributed by atoms with Gasteiger partial charge in [0.1, 0.15) is 5.75 Å². The average molecular weight is 346 g/mol. The molecule has 0 aliphatic rings. The van der Waals surface area contributed by atoms with Crippen LogP contribution in [-0.2, 0) is 4.79 Å². The number of hydrogen-bond donors (Lipinski definition) is 1. The molecule has 1 atom stereocenters. The molecule has 8 heteroatoms. The molecule has 1 rings (SSSR count). The van der Waals surface area contributed by atoms with Gasteiger partial charge in [0.05, 0.1) is 4.92 Å². The number of hydrogen-bond acceptors (Lipinski definition) is 5. The van der Waals surface area contributed by atoms with E-state index in [2.05, 4.69) is 0 Å². The molecule has 1 aromatic rings. The van der Waals surface area contributed by atoms with E-state index in [1.54, 1.807) is 11.9 Å². The third-order valence-corrected chi connectivity index (χ3v) is 3.49. The predicted octanol–water partition coefficient (Wildman–Crippen LogP) is 2.23. The number of likely N-dealkylation sites (N-methyl/N-ethyl adjacent to an activating group) is 1. The second-order valence-electron chi connectivity index (χ2n) is 5.55. The van der Waals surface area contributed by atoms with Crippen molar-refractivity contribution in [1.29, 1.82) is 0 Å². The molecule has 0 heterocycles. The summed E-state index contributed by atoms with van der Waals surface area (Å²) in [5.41, 5.74) is 5.93. The Morgan fingerprint density at radius 1 is 1.35 bits per heavy atom. The van der Waals surface area contributed by atoms with Gasteiger partial charge in [-0.25, -0.2) is 0 Å². The van der Waals surface area contributed by atoms with Crippen molar-refractivity contribution < 1.29 is 14.5 Å². The molecule has 0 aliphatic heterocycles. The Kier molecular flexibility index (Phi) is 9.21. The molecular formula is C15H24ClN3O4. The van der Waals surface area contributed by atoms with Crippen LogP contribution in [0, 0.1) is 16.0 Å². The van der Waals surface area contributed by atoms with Gasteiger partial charge in [-0.05, 0) is 24.5 Å². The summed E-state index contributed by atoms with van der Waals surface area (Å²) >= 11 is 0. The number of nitrogens with two attached hydrogens (primary N) is 1. The van der Waals surface area contributed by atoms with E-state index in [9.17, 15) is 14.9 Å². The van der Waals surface area contributed by atoms with Crippen molar-refractivity contribution in [3.63, 3.8) is 0 Å². The highest BCUT2D eigenvalue weighted by Crippen LogP contribution is 2.17. The van der Waals surface area contributed by atoms with E-state index in [0.717, 1.165) is 6.42 Å². The van der Waals surface area contributed by atoms with Crippen LogP contribution < -0.4 is 10.5 Å². The first kappa shape index (κ1) is 21.1.